The molecule has 0 saturated carbocycles. The van der Waals surface area contributed by atoms with Crippen molar-refractivity contribution in [2.75, 3.05) is 0 Å². The van der Waals surface area contributed by atoms with Crippen LogP contribution in [0.25, 0.3) is 0 Å². The van der Waals surface area contributed by atoms with Crippen LogP contribution >= 0.6 is 15.9 Å². The summed E-state index contributed by atoms with van der Waals surface area (Å²) in [5.41, 5.74) is 9.37. The maximum absolute atomic E-state index is 6.65. The van der Waals surface area contributed by atoms with Gasteiger partial charge in [0.1, 0.15) is 50.5 Å². The fourth-order valence-electron chi connectivity index (χ4n) is 11.1. The third-order valence-corrected chi connectivity index (χ3v) is 14.9. The van der Waals surface area contributed by atoms with Crippen molar-refractivity contribution >= 4 is 85.2 Å². The van der Waals surface area contributed by atoms with Crippen LogP contribution in [0.1, 0.15) is 0 Å². The normalized spacial score (nSPS) is 13.4. The van der Waals surface area contributed by atoms with Crippen molar-refractivity contribution in [3.63, 3.8) is 0 Å². The quantitative estimate of drug-likeness (QED) is 0.162. The minimum atomic E-state index is -0.103. The largest absolute Gasteiger partial charge is 0.454 e. The van der Waals surface area contributed by atoms with E-state index < -0.39 is 0 Å². The summed E-state index contributed by atoms with van der Waals surface area (Å²) in [7, 11) is 0. The molecule has 72 heavy (non-hydrogen) atoms. The van der Waals surface area contributed by atoms with Gasteiger partial charge in [0.15, 0.2) is 46.0 Å². The van der Waals surface area contributed by atoms with Crippen molar-refractivity contribution in [3.05, 3.63) is 211 Å². The molecule has 6 aliphatic rings. The number of ether oxygens (including phenoxy) is 8. The Kier molecular flexibility index (Phi) is 9.23. The summed E-state index contributed by atoms with van der Waals surface area (Å²) in [6.07, 6.45) is 0. The Bertz CT molecular complexity index is 3490. The minimum Gasteiger partial charge on any atom is -0.454 e. The maximum Gasteiger partial charge on any atom is 0.261 e. The van der Waals surface area contributed by atoms with E-state index in [2.05, 4.69) is 76.6 Å². The molecule has 0 unspecified atom stereocenters. The Morgan fingerprint density at radius 1 is 0.264 bits per heavy atom. The molecule has 10 aromatic carbocycles. The van der Waals surface area contributed by atoms with E-state index in [9.17, 15) is 0 Å². The van der Waals surface area contributed by atoms with Crippen molar-refractivity contribution < 1.29 is 37.9 Å². The highest BCUT2D eigenvalue weighted by molar-refractivity contribution is 9.10. The molecule has 0 aliphatic carbocycles. The van der Waals surface area contributed by atoms with Crippen LogP contribution in [0.3, 0.4) is 0 Å². The predicted octanol–water partition coefficient (Wildman–Crippen LogP) is 9.90. The predicted molar refractivity (Wildman–Crippen MR) is 287 cm³/mol. The Morgan fingerprint density at radius 3 is 0.764 bits per heavy atom. The lowest BCUT2D eigenvalue weighted by Crippen LogP contribution is -2.61. The number of fused-ring (bicyclic) bond motifs is 14. The van der Waals surface area contributed by atoms with Crippen molar-refractivity contribution in [3.8, 4) is 92.0 Å². The smallest absolute Gasteiger partial charge is 0.261 e. The van der Waals surface area contributed by atoms with E-state index >= 15 is 0 Å². The van der Waals surface area contributed by atoms with E-state index in [1.807, 2.05) is 146 Å². The van der Waals surface area contributed by atoms with Crippen LogP contribution in [0, 0.1) is 0 Å². The molecule has 0 amide bonds. The number of hydrogen-bond donors (Lipinski definition) is 0. The second kappa shape index (κ2) is 16.2. The van der Waals surface area contributed by atoms with Gasteiger partial charge in [-0.15, -0.1) is 0 Å². The van der Waals surface area contributed by atoms with E-state index in [-0.39, 0.29) is 20.1 Å². The van der Waals surface area contributed by atoms with Gasteiger partial charge in [0, 0.05) is 16.4 Å². The summed E-state index contributed by atoms with van der Waals surface area (Å²) < 4.78 is 53.2. The van der Waals surface area contributed by atoms with E-state index in [0.717, 1.165) is 83.7 Å². The number of para-hydroxylation sites is 8. The monoisotopic (exact) mass is 994 g/mol. The van der Waals surface area contributed by atoms with Gasteiger partial charge in [-0.05, 0) is 109 Å². The molecule has 0 bridgehead atoms. The fraction of sp³-hybridized carbons (Fsp3) is 0. The summed E-state index contributed by atoms with van der Waals surface area (Å²) >= 11 is 3.78. The van der Waals surface area contributed by atoms with Gasteiger partial charge in [0.05, 0.1) is 0 Å². The second-order valence-electron chi connectivity index (χ2n) is 18.2. The van der Waals surface area contributed by atoms with Gasteiger partial charge in [-0.25, -0.2) is 0 Å². The lowest BCUT2D eigenvalue weighted by molar-refractivity contribution is 0.390. The molecule has 0 radical (unpaired) electrons. The van der Waals surface area contributed by atoms with Crippen LogP contribution in [0.5, 0.6) is 92.0 Å². The Morgan fingerprint density at radius 2 is 0.486 bits per heavy atom. The van der Waals surface area contributed by atoms with Crippen molar-refractivity contribution in [2.24, 2.45) is 0 Å². The molecule has 6 heterocycles. The molecule has 10 aromatic rings. The average Bonchev–Trinajstić information content (AvgIpc) is 3.45. The number of benzene rings is 10. The molecule has 0 fully saturated rings. The molecule has 0 atom stereocenters. The molecule has 0 aromatic heterocycles. The third kappa shape index (κ3) is 6.21. The number of rotatable bonds is 4. The highest BCUT2D eigenvalue weighted by Gasteiger charge is 2.50. The Labute approximate surface area is 423 Å². The molecule has 8 nitrogen and oxygen atoms in total. The first kappa shape index (κ1) is 41.1. The lowest BCUT2D eigenvalue weighted by Gasteiger charge is -2.40. The first-order valence-electron chi connectivity index (χ1n) is 23.8. The van der Waals surface area contributed by atoms with Gasteiger partial charge in [0.25, 0.3) is 20.1 Å². The standard InChI is InChI=1S/C30H16B2O4.C30H18BBrO4/c1-5-13-21-17(9-1)31-18-10-2-6-14-22(18)34-28-25(31)27(33-21)29-26-30(28)36-24-16-8-4-12-20(24)32(26)19-11-3-7-15-23(19)35-29;32-26-29(33-19-11-3-1-4-12-19)27-25-28(30(26)34-20-13-5-2-6-14-20)36-24-18-10-8-16-22(24)31(25)21-15-7-9-17-23(21)35-27/h1-16H;1-18H. The first-order chi connectivity index (χ1) is 35.6. The zero-order valence-corrected chi connectivity index (χ0v) is 39.6. The summed E-state index contributed by atoms with van der Waals surface area (Å²) in [4.78, 5) is 0. The molecule has 0 N–H and O–H groups in total. The summed E-state index contributed by atoms with van der Waals surface area (Å²) in [5.74, 6) is 11.5. The third-order valence-electron chi connectivity index (χ3n) is 14.1. The van der Waals surface area contributed by atoms with Gasteiger partial charge in [-0.1, -0.05) is 146 Å². The van der Waals surface area contributed by atoms with Crippen LogP contribution in [0.2, 0.25) is 0 Å². The molecule has 12 heteroatoms. The fourth-order valence-corrected chi connectivity index (χ4v) is 11.6. The van der Waals surface area contributed by atoms with Gasteiger partial charge in [-0.2, -0.15) is 0 Å². The van der Waals surface area contributed by atoms with E-state index in [1.54, 1.807) is 0 Å². The van der Waals surface area contributed by atoms with Crippen molar-refractivity contribution in [2.45, 2.75) is 0 Å². The van der Waals surface area contributed by atoms with E-state index in [4.69, 9.17) is 37.9 Å². The molecular formula is C60H34B3BrO8. The lowest BCUT2D eigenvalue weighted by atomic mass is 9.32. The van der Waals surface area contributed by atoms with Crippen LogP contribution < -0.4 is 87.1 Å². The van der Waals surface area contributed by atoms with Crippen LogP contribution in [-0.2, 0) is 0 Å². The minimum absolute atomic E-state index is 0.0496. The SMILES string of the molecule is Brc1c(Oc2ccccc2)c2c3c(c1Oc1ccccc1)Oc1ccccc1B3c1ccccc1O2.c1ccc2c(c1)Oc1c3c4c(c5c1B2c1ccccc1O5)Oc1ccccc1B4c1ccccc1O3. The Balaban J connectivity index is 0.000000128. The van der Waals surface area contributed by atoms with Crippen LogP contribution in [-0.4, -0.2) is 20.1 Å². The number of halogens is 1. The summed E-state index contributed by atoms with van der Waals surface area (Å²) in [6, 6.07) is 68.5. The van der Waals surface area contributed by atoms with E-state index in [0.29, 0.717) is 62.0 Å². The first-order valence-corrected chi connectivity index (χ1v) is 24.6. The van der Waals surface area contributed by atoms with Gasteiger partial charge >= 0.3 is 0 Å². The van der Waals surface area contributed by atoms with Gasteiger partial charge in [-0.3, -0.25) is 0 Å². The highest BCUT2D eigenvalue weighted by atomic mass is 79.9. The second-order valence-corrected chi connectivity index (χ2v) is 18.9. The van der Waals surface area contributed by atoms with Crippen molar-refractivity contribution in [1.82, 2.24) is 0 Å². The molecule has 0 spiro atoms. The highest BCUT2D eigenvalue weighted by Crippen LogP contribution is 2.54. The topological polar surface area (TPSA) is 73.8 Å². The molecule has 6 aliphatic heterocycles. The van der Waals surface area contributed by atoms with Gasteiger partial charge in [0.2, 0.25) is 0 Å². The average molecular weight is 995 g/mol. The number of hydrogen-bond acceptors (Lipinski definition) is 8. The Hall–Kier alpha value is -8.73. The van der Waals surface area contributed by atoms with Crippen LogP contribution in [0.4, 0.5) is 0 Å². The zero-order valence-electron chi connectivity index (χ0n) is 38.0. The van der Waals surface area contributed by atoms with Crippen LogP contribution in [0.15, 0.2) is 211 Å². The zero-order chi connectivity index (χ0) is 47.4. The maximum atomic E-state index is 6.65. The summed E-state index contributed by atoms with van der Waals surface area (Å²) in [5, 5.41) is 0. The molecule has 16 rings (SSSR count). The van der Waals surface area contributed by atoms with Gasteiger partial charge < -0.3 is 37.9 Å². The summed E-state index contributed by atoms with van der Waals surface area (Å²) in [6.45, 7) is -0.202. The van der Waals surface area contributed by atoms with Crippen molar-refractivity contribution in [1.29, 1.82) is 0 Å². The molecule has 338 valence electrons. The molecular weight excluding hydrogens is 961 g/mol. The molecule has 0 saturated heterocycles. The van der Waals surface area contributed by atoms with E-state index in [1.165, 1.54) is 0 Å².